The van der Waals surface area contributed by atoms with Crippen molar-refractivity contribution in [2.75, 3.05) is 14.1 Å². The van der Waals surface area contributed by atoms with E-state index in [1.54, 1.807) is 33.2 Å². The molecule has 0 saturated carbocycles. The number of aromatic hydroxyl groups is 1. The Balaban J connectivity index is 0.00000272. The van der Waals surface area contributed by atoms with Crippen molar-refractivity contribution in [1.29, 1.82) is 0 Å². The van der Waals surface area contributed by atoms with E-state index in [4.69, 9.17) is 5.73 Å². The van der Waals surface area contributed by atoms with Gasteiger partial charge in [-0.2, -0.15) is 0 Å². The van der Waals surface area contributed by atoms with Crippen LogP contribution >= 0.6 is 0 Å². The summed E-state index contributed by atoms with van der Waals surface area (Å²) < 4.78 is 0. The molecule has 0 bridgehead atoms. The molecule has 9 heteroatoms. The van der Waals surface area contributed by atoms with Gasteiger partial charge in [0.05, 0.1) is 11.6 Å². The number of carbonyl (C=O) groups excluding carboxylic acids is 3. The number of phenols is 1. The van der Waals surface area contributed by atoms with E-state index in [9.17, 15) is 29.7 Å². The van der Waals surface area contributed by atoms with Gasteiger partial charge in [0.1, 0.15) is 17.1 Å². The first-order valence-electron chi connectivity index (χ1n) is 9.47. The average molecular weight is 446 g/mol. The number of likely N-dealkylation sites (N-methyl/N-ethyl adjacent to an activating group) is 1. The van der Waals surface area contributed by atoms with E-state index in [2.05, 4.69) is 0 Å². The van der Waals surface area contributed by atoms with Gasteiger partial charge in [0, 0.05) is 11.3 Å². The first-order valence-corrected chi connectivity index (χ1v) is 9.47. The first kappa shape index (κ1) is 22.7. The van der Waals surface area contributed by atoms with Crippen LogP contribution in [-0.2, 0) is 16.0 Å². The number of ketones is 2. The minimum Gasteiger partial charge on any atom is -1.00 e. The molecule has 3 unspecified atom stereocenters. The number of carbonyl (C=O) groups is 3. The fraction of sp³-hybridized carbons (Fsp3) is 0.318. The third kappa shape index (κ3) is 2.79. The molecule has 2 aromatic rings. The number of aryl methyl sites for hydroxylation is 1. The quantitative estimate of drug-likeness (QED) is 0.383. The third-order valence-electron chi connectivity index (χ3n) is 6.41. The number of fused-ring (bicyclic) bond motifs is 3. The van der Waals surface area contributed by atoms with Crippen LogP contribution in [0.4, 0.5) is 0 Å². The standard InChI is InChI=1S/C22H22N2O6.ClH/c1-9-10-6-4-5-7-11(10)17(25)14-12(9)8-13-16(24(2)3)18(26)15(21(23)29)20(28)22(13,30)19(14)27;/h4-7,13,16,25,28,30H,8H2,1-3H3,(H2,23,29);1H/p-1. The molecular weight excluding hydrogens is 424 g/mol. The Morgan fingerprint density at radius 3 is 2.29 bits per heavy atom. The van der Waals surface area contributed by atoms with Gasteiger partial charge < -0.3 is 33.5 Å². The highest BCUT2D eigenvalue weighted by Crippen LogP contribution is 2.49. The molecule has 3 atom stereocenters. The van der Waals surface area contributed by atoms with E-state index >= 15 is 0 Å². The predicted molar refractivity (Wildman–Crippen MR) is 108 cm³/mol. The molecule has 0 aromatic heterocycles. The summed E-state index contributed by atoms with van der Waals surface area (Å²) in [5.41, 5.74) is 3.06. The number of halogens is 1. The first-order chi connectivity index (χ1) is 14.0. The van der Waals surface area contributed by atoms with Crippen LogP contribution in [0.25, 0.3) is 10.8 Å². The van der Waals surface area contributed by atoms with Gasteiger partial charge in [-0.1, -0.05) is 24.3 Å². The smallest absolute Gasteiger partial charge is 0.255 e. The van der Waals surface area contributed by atoms with Crippen molar-refractivity contribution in [1.82, 2.24) is 4.90 Å². The second kappa shape index (κ2) is 7.33. The fourth-order valence-corrected chi connectivity index (χ4v) is 4.96. The lowest BCUT2D eigenvalue weighted by molar-refractivity contribution is -0.132. The molecule has 0 radical (unpaired) electrons. The summed E-state index contributed by atoms with van der Waals surface area (Å²) in [6.07, 6.45) is 0.0342. The molecule has 31 heavy (non-hydrogen) atoms. The van der Waals surface area contributed by atoms with Gasteiger partial charge >= 0.3 is 0 Å². The van der Waals surface area contributed by atoms with Gasteiger partial charge in [0.15, 0.2) is 11.4 Å². The summed E-state index contributed by atoms with van der Waals surface area (Å²) in [7, 11) is 3.16. The van der Waals surface area contributed by atoms with Crippen molar-refractivity contribution in [2.45, 2.75) is 25.0 Å². The predicted octanol–water partition coefficient (Wildman–Crippen LogP) is -2.25. The van der Waals surface area contributed by atoms with E-state index in [1.165, 1.54) is 4.90 Å². The molecule has 8 nitrogen and oxygen atoms in total. The summed E-state index contributed by atoms with van der Waals surface area (Å²) in [6, 6.07) is 5.91. The number of hydrogen-bond acceptors (Lipinski definition) is 7. The number of nitrogens with zero attached hydrogens (tertiary/aromatic N) is 1. The van der Waals surface area contributed by atoms with Gasteiger partial charge in [-0.05, 0) is 44.0 Å². The van der Waals surface area contributed by atoms with Gasteiger partial charge in [0.25, 0.3) is 5.91 Å². The molecule has 2 aliphatic rings. The van der Waals surface area contributed by atoms with E-state index in [1.807, 2.05) is 12.1 Å². The van der Waals surface area contributed by atoms with Crippen molar-refractivity contribution >= 4 is 28.2 Å². The molecule has 2 aromatic carbocycles. The Morgan fingerprint density at radius 1 is 1.16 bits per heavy atom. The van der Waals surface area contributed by atoms with Crippen LogP contribution in [0.2, 0.25) is 0 Å². The number of phenolic OH excluding ortho intramolecular Hbond substituents is 1. The number of benzene rings is 2. The maximum atomic E-state index is 13.6. The van der Waals surface area contributed by atoms with Crippen LogP contribution in [0.5, 0.6) is 5.75 Å². The number of nitrogens with two attached hydrogens (primary N) is 1. The van der Waals surface area contributed by atoms with Crippen molar-refractivity contribution < 1.29 is 42.1 Å². The molecular formula is C22H22ClN2O6-. The van der Waals surface area contributed by atoms with Crippen LogP contribution in [0.15, 0.2) is 35.6 Å². The van der Waals surface area contributed by atoms with Crippen LogP contribution in [0.3, 0.4) is 0 Å². The number of rotatable bonds is 2. The van der Waals surface area contributed by atoms with Crippen molar-refractivity contribution in [3.8, 4) is 5.75 Å². The molecule has 0 aliphatic heterocycles. The molecule has 2 aliphatic carbocycles. The van der Waals surface area contributed by atoms with Gasteiger partial charge in [0.2, 0.25) is 5.78 Å². The molecule has 5 N–H and O–H groups in total. The Morgan fingerprint density at radius 2 is 1.74 bits per heavy atom. The number of aliphatic hydroxyl groups is 2. The van der Waals surface area contributed by atoms with Crippen LogP contribution < -0.4 is 18.1 Å². The van der Waals surface area contributed by atoms with Crippen molar-refractivity contribution in [3.63, 3.8) is 0 Å². The summed E-state index contributed by atoms with van der Waals surface area (Å²) in [4.78, 5) is 39.9. The zero-order valence-electron chi connectivity index (χ0n) is 17.1. The normalized spacial score (nSPS) is 25.3. The number of hydrogen-bond donors (Lipinski definition) is 4. The second-order valence-electron chi connectivity index (χ2n) is 8.14. The van der Waals surface area contributed by atoms with Crippen LogP contribution in [0, 0.1) is 12.8 Å². The van der Waals surface area contributed by atoms with Gasteiger partial charge in [-0.25, -0.2) is 0 Å². The topological polar surface area (TPSA) is 141 Å². The summed E-state index contributed by atoms with van der Waals surface area (Å²) in [5.74, 6) is -5.37. The van der Waals surface area contributed by atoms with Gasteiger partial charge in [-0.15, -0.1) is 0 Å². The minimum atomic E-state index is -2.56. The Bertz CT molecular complexity index is 1190. The lowest BCUT2D eigenvalue weighted by atomic mass is 9.61. The number of aliphatic hydroxyl groups excluding tert-OH is 1. The molecule has 0 fully saturated rings. The highest BCUT2D eigenvalue weighted by Gasteiger charge is 2.62. The van der Waals surface area contributed by atoms with Crippen LogP contribution in [0.1, 0.15) is 21.5 Å². The summed E-state index contributed by atoms with van der Waals surface area (Å²) >= 11 is 0. The number of Topliss-reactive ketones (excluding diaryl/α,β-unsaturated/α-hetero) is 2. The molecule has 0 spiro atoms. The maximum absolute atomic E-state index is 13.6. The van der Waals surface area contributed by atoms with E-state index in [-0.39, 0.29) is 30.1 Å². The summed E-state index contributed by atoms with van der Waals surface area (Å²) in [5, 5.41) is 34.2. The number of primary amides is 1. The minimum absolute atomic E-state index is 0. The molecule has 4 rings (SSSR count). The van der Waals surface area contributed by atoms with E-state index < -0.39 is 46.4 Å². The van der Waals surface area contributed by atoms with Crippen molar-refractivity contribution in [2.24, 2.45) is 11.7 Å². The third-order valence-corrected chi connectivity index (χ3v) is 6.41. The Hall–Kier alpha value is -2.94. The average Bonchev–Trinajstić information content (AvgIpc) is 2.68. The van der Waals surface area contributed by atoms with E-state index in [0.29, 0.717) is 10.9 Å². The molecule has 1 amide bonds. The zero-order valence-corrected chi connectivity index (χ0v) is 17.9. The second-order valence-corrected chi connectivity index (χ2v) is 8.14. The molecule has 0 saturated heterocycles. The molecule has 164 valence electrons. The van der Waals surface area contributed by atoms with E-state index in [0.717, 1.165) is 10.9 Å². The lowest BCUT2D eigenvalue weighted by Gasteiger charge is -2.47. The largest absolute Gasteiger partial charge is 1.00 e. The SMILES string of the molecule is Cc1c2c(c(O)c3ccccc13)C(=O)C1(O)C(O)=C(C(N)=O)C(=O)C(N(C)C)C1C2.[Cl-]. The monoisotopic (exact) mass is 445 g/mol. The maximum Gasteiger partial charge on any atom is 0.255 e. The van der Waals surface area contributed by atoms with Crippen molar-refractivity contribution in [3.05, 3.63) is 52.3 Å². The fourth-order valence-electron chi connectivity index (χ4n) is 4.96. The van der Waals surface area contributed by atoms with Gasteiger partial charge in [-0.3, -0.25) is 19.3 Å². The van der Waals surface area contributed by atoms with Crippen LogP contribution in [-0.4, -0.2) is 63.4 Å². The highest BCUT2D eigenvalue weighted by molar-refractivity contribution is 6.25. The Kier molecular flexibility index (Phi) is 5.38. The lowest BCUT2D eigenvalue weighted by Crippen LogP contribution is -3.00. The zero-order chi connectivity index (χ0) is 22.1. The Labute approximate surface area is 184 Å². The number of amides is 1. The highest BCUT2D eigenvalue weighted by atomic mass is 35.5. The molecule has 0 heterocycles. The summed E-state index contributed by atoms with van der Waals surface area (Å²) in [6.45, 7) is 1.80.